The van der Waals surface area contributed by atoms with E-state index in [1.165, 1.54) is 12.1 Å². The lowest BCUT2D eigenvalue weighted by Gasteiger charge is -2.11. The predicted octanol–water partition coefficient (Wildman–Crippen LogP) is 2.44. The Bertz CT molecular complexity index is 786. The third-order valence-electron chi connectivity index (χ3n) is 2.79. The van der Waals surface area contributed by atoms with Gasteiger partial charge in [0.05, 0.1) is 15.6 Å². The van der Waals surface area contributed by atoms with E-state index >= 15 is 0 Å². The minimum atomic E-state index is -3.83. The van der Waals surface area contributed by atoms with Crippen LogP contribution in [-0.2, 0) is 10.0 Å². The van der Waals surface area contributed by atoms with Crippen LogP contribution in [0.1, 0.15) is 17.0 Å². The molecule has 8 heteroatoms. The first-order valence-electron chi connectivity index (χ1n) is 6.10. The third-order valence-corrected chi connectivity index (χ3v) is 4.59. The van der Waals surface area contributed by atoms with Crippen molar-refractivity contribution < 1.29 is 8.42 Å². The van der Waals surface area contributed by atoms with Crippen LogP contribution in [-0.4, -0.2) is 18.4 Å². The number of anilines is 2. The van der Waals surface area contributed by atoms with E-state index in [1.54, 1.807) is 26.8 Å². The number of halogens is 1. The fourth-order valence-electron chi connectivity index (χ4n) is 1.90. The monoisotopic (exact) mass is 326 g/mol. The average molecular weight is 327 g/mol. The van der Waals surface area contributed by atoms with E-state index in [0.29, 0.717) is 22.0 Å². The molecule has 0 bridgehead atoms. The zero-order chi connectivity index (χ0) is 15.8. The van der Waals surface area contributed by atoms with Crippen molar-refractivity contribution in [2.24, 2.45) is 0 Å². The normalized spacial score (nSPS) is 11.4. The molecule has 0 saturated carbocycles. The third kappa shape index (κ3) is 3.43. The van der Waals surface area contributed by atoms with E-state index in [9.17, 15) is 8.42 Å². The molecule has 0 fully saturated rings. The number of benzene rings is 1. The molecule has 0 aliphatic carbocycles. The minimum Gasteiger partial charge on any atom is -0.397 e. The number of hydrogen-bond donors (Lipinski definition) is 2. The van der Waals surface area contributed by atoms with Gasteiger partial charge in [-0.15, -0.1) is 0 Å². The maximum Gasteiger partial charge on any atom is 0.264 e. The van der Waals surface area contributed by atoms with E-state index in [4.69, 9.17) is 17.3 Å². The molecule has 0 aliphatic heterocycles. The van der Waals surface area contributed by atoms with Crippen LogP contribution in [0.25, 0.3) is 0 Å². The molecule has 21 heavy (non-hydrogen) atoms. The number of nitrogens with zero attached hydrogens (tertiary/aromatic N) is 2. The van der Waals surface area contributed by atoms with Gasteiger partial charge in [0.15, 0.2) is 0 Å². The first-order chi connectivity index (χ1) is 9.69. The van der Waals surface area contributed by atoms with Crippen molar-refractivity contribution in [3.63, 3.8) is 0 Å². The van der Waals surface area contributed by atoms with Crippen LogP contribution in [0, 0.1) is 20.8 Å². The molecule has 0 saturated heterocycles. The van der Waals surface area contributed by atoms with Crippen LogP contribution >= 0.6 is 11.6 Å². The molecule has 1 aromatic heterocycles. The lowest BCUT2D eigenvalue weighted by Crippen LogP contribution is -2.17. The van der Waals surface area contributed by atoms with Crippen molar-refractivity contribution in [3.05, 3.63) is 40.2 Å². The van der Waals surface area contributed by atoms with E-state index in [2.05, 4.69) is 14.7 Å². The van der Waals surface area contributed by atoms with E-state index in [-0.39, 0.29) is 16.5 Å². The Morgan fingerprint density at radius 2 is 1.67 bits per heavy atom. The Morgan fingerprint density at radius 1 is 1.10 bits per heavy atom. The zero-order valence-corrected chi connectivity index (χ0v) is 13.4. The highest BCUT2D eigenvalue weighted by Crippen LogP contribution is 2.27. The first-order valence-corrected chi connectivity index (χ1v) is 7.96. The summed E-state index contributed by atoms with van der Waals surface area (Å²) < 4.78 is 27.2. The Morgan fingerprint density at radius 3 is 2.24 bits per heavy atom. The molecule has 1 heterocycles. The van der Waals surface area contributed by atoms with Gasteiger partial charge in [-0.2, -0.15) is 0 Å². The van der Waals surface area contributed by atoms with Gasteiger partial charge in [-0.3, -0.25) is 0 Å². The zero-order valence-electron chi connectivity index (χ0n) is 11.8. The highest BCUT2D eigenvalue weighted by molar-refractivity contribution is 7.92. The molecule has 0 amide bonds. The fraction of sp³-hybridized carbons (Fsp3) is 0.231. The summed E-state index contributed by atoms with van der Waals surface area (Å²) in [5, 5.41) is 0.314. The number of nitrogens with one attached hydrogen (secondary N) is 1. The standard InChI is InChI=1S/C13H15ClN4O2S/c1-7-4-10(14)11(15)6-12(7)21(19,20)18-13-16-8(2)5-9(3)17-13/h4-6H,15H2,1-3H3,(H,16,17,18). The fourth-order valence-corrected chi connectivity index (χ4v) is 3.33. The summed E-state index contributed by atoms with van der Waals surface area (Å²) in [6.45, 7) is 5.16. The average Bonchev–Trinajstić information content (AvgIpc) is 2.31. The van der Waals surface area contributed by atoms with Crippen LogP contribution in [0.5, 0.6) is 0 Å². The molecule has 1 aromatic carbocycles. The first kappa shape index (κ1) is 15.5. The van der Waals surface area contributed by atoms with Crippen molar-refractivity contribution in [3.8, 4) is 0 Å². The quantitative estimate of drug-likeness (QED) is 0.844. The lowest BCUT2D eigenvalue weighted by atomic mass is 10.2. The van der Waals surface area contributed by atoms with Crippen molar-refractivity contribution in [1.29, 1.82) is 0 Å². The Hall–Kier alpha value is -1.86. The largest absolute Gasteiger partial charge is 0.397 e. The molecule has 0 atom stereocenters. The molecule has 0 spiro atoms. The number of sulfonamides is 1. The number of aryl methyl sites for hydroxylation is 3. The lowest BCUT2D eigenvalue weighted by molar-refractivity contribution is 0.600. The van der Waals surface area contributed by atoms with Gasteiger partial charge in [-0.25, -0.2) is 23.1 Å². The summed E-state index contributed by atoms with van der Waals surface area (Å²) in [4.78, 5) is 8.16. The maximum atomic E-state index is 12.4. The van der Waals surface area contributed by atoms with Crippen molar-refractivity contribution in [1.82, 2.24) is 9.97 Å². The number of nitrogen functional groups attached to an aromatic ring is 1. The summed E-state index contributed by atoms with van der Waals surface area (Å²) in [5.74, 6) is 0.0282. The van der Waals surface area contributed by atoms with Gasteiger partial charge in [-0.05, 0) is 44.5 Å². The molecule has 3 N–H and O–H groups in total. The van der Waals surface area contributed by atoms with Crippen molar-refractivity contribution in [2.75, 3.05) is 10.5 Å². The van der Waals surface area contributed by atoms with Gasteiger partial charge in [0.25, 0.3) is 10.0 Å². The van der Waals surface area contributed by atoms with Crippen molar-refractivity contribution >= 4 is 33.3 Å². The molecular formula is C13H15ClN4O2S. The Labute approximate surface area is 128 Å². The number of rotatable bonds is 3. The van der Waals surface area contributed by atoms with Crippen LogP contribution in [0.3, 0.4) is 0 Å². The maximum absolute atomic E-state index is 12.4. The van der Waals surface area contributed by atoms with Crippen LogP contribution in [0.15, 0.2) is 23.1 Å². The van der Waals surface area contributed by atoms with E-state index < -0.39 is 10.0 Å². The molecule has 112 valence electrons. The predicted molar refractivity (Wildman–Crippen MR) is 82.9 cm³/mol. The van der Waals surface area contributed by atoms with Gasteiger partial charge in [-0.1, -0.05) is 11.6 Å². The molecule has 0 aliphatic rings. The van der Waals surface area contributed by atoms with Gasteiger partial charge < -0.3 is 5.73 Å². The highest BCUT2D eigenvalue weighted by Gasteiger charge is 2.20. The molecule has 2 rings (SSSR count). The summed E-state index contributed by atoms with van der Waals surface area (Å²) in [6.07, 6.45) is 0. The minimum absolute atomic E-state index is 0.0282. The smallest absolute Gasteiger partial charge is 0.264 e. The summed E-state index contributed by atoms with van der Waals surface area (Å²) >= 11 is 5.87. The molecule has 0 unspecified atom stereocenters. The van der Waals surface area contributed by atoms with E-state index in [0.717, 1.165) is 0 Å². The topological polar surface area (TPSA) is 98.0 Å². The van der Waals surface area contributed by atoms with Crippen molar-refractivity contribution in [2.45, 2.75) is 25.7 Å². The second-order valence-corrected chi connectivity index (χ2v) is 6.78. The molecule has 0 radical (unpaired) electrons. The van der Waals surface area contributed by atoms with Crippen LogP contribution in [0.4, 0.5) is 11.6 Å². The molecule has 2 aromatic rings. The highest BCUT2D eigenvalue weighted by atomic mass is 35.5. The number of aromatic nitrogens is 2. The van der Waals surface area contributed by atoms with Gasteiger partial charge >= 0.3 is 0 Å². The number of hydrogen-bond acceptors (Lipinski definition) is 5. The van der Waals surface area contributed by atoms with Gasteiger partial charge in [0.1, 0.15) is 0 Å². The molecule has 6 nitrogen and oxygen atoms in total. The second kappa shape index (κ2) is 5.50. The Kier molecular flexibility index (Phi) is 4.06. The van der Waals surface area contributed by atoms with E-state index in [1.807, 2.05) is 0 Å². The van der Waals surface area contributed by atoms with Gasteiger partial charge in [0, 0.05) is 11.4 Å². The summed E-state index contributed by atoms with van der Waals surface area (Å²) in [5.41, 5.74) is 7.71. The number of nitrogens with two attached hydrogens (primary N) is 1. The Balaban J connectivity index is 2.45. The second-order valence-electron chi connectivity index (χ2n) is 4.72. The van der Waals surface area contributed by atoms with Crippen LogP contribution < -0.4 is 10.5 Å². The van der Waals surface area contributed by atoms with Crippen LogP contribution in [0.2, 0.25) is 5.02 Å². The summed E-state index contributed by atoms with van der Waals surface area (Å²) in [7, 11) is -3.83. The molecular weight excluding hydrogens is 312 g/mol. The van der Waals surface area contributed by atoms with Gasteiger partial charge in [0.2, 0.25) is 5.95 Å². The SMILES string of the molecule is Cc1cc(C)nc(NS(=O)(=O)c2cc(N)c(Cl)cc2C)n1. The summed E-state index contributed by atoms with van der Waals surface area (Å²) in [6, 6.07) is 4.58.